The van der Waals surface area contributed by atoms with Crippen molar-refractivity contribution in [3.05, 3.63) is 39.1 Å². The van der Waals surface area contributed by atoms with E-state index in [9.17, 15) is 9.59 Å². The van der Waals surface area contributed by atoms with Crippen LogP contribution in [0.1, 0.15) is 54.1 Å². The molecule has 8 heteroatoms. The Morgan fingerprint density at radius 2 is 2.12 bits per heavy atom. The highest BCUT2D eigenvalue weighted by molar-refractivity contribution is 5.92. The zero-order valence-corrected chi connectivity index (χ0v) is 16.0. The molecule has 1 aliphatic rings. The van der Waals surface area contributed by atoms with Crippen LogP contribution in [-0.4, -0.2) is 51.2 Å². The molecule has 0 aromatic carbocycles. The molecule has 0 bridgehead atoms. The monoisotopic (exact) mass is 358 g/mol. The first kappa shape index (κ1) is 18.2. The van der Waals surface area contributed by atoms with E-state index >= 15 is 0 Å². The number of aromatic amines is 1. The van der Waals surface area contributed by atoms with Crippen molar-refractivity contribution >= 4 is 11.9 Å². The molecule has 2 aromatic heterocycles. The van der Waals surface area contributed by atoms with Crippen LogP contribution in [-0.2, 0) is 19.5 Å². The zero-order chi connectivity index (χ0) is 19.0. The molecule has 0 aliphatic carbocycles. The molecule has 0 saturated heterocycles. The van der Waals surface area contributed by atoms with Gasteiger partial charge in [-0.15, -0.1) is 0 Å². The van der Waals surface area contributed by atoms with E-state index in [-0.39, 0.29) is 17.4 Å². The maximum atomic E-state index is 13.1. The van der Waals surface area contributed by atoms with Crippen molar-refractivity contribution in [1.29, 1.82) is 0 Å². The van der Waals surface area contributed by atoms with Crippen molar-refractivity contribution in [3.8, 4) is 0 Å². The van der Waals surface area contributed by atoms with E-state index in [0.29, 0.717) is 49.0 Å². The van der Waals surface area contributed by atoms with Crippen LogP contribution in [0.4, 0.5) is 5.95 Å². The maximum absolute atomic E-state index is 13.1. The number of anilines is 1. The van der Waals surface area contributed by atoms with Gasteiger partial charge in [-0.25, -0.2) is 4.98 Å². The summed E-state index contributed by atoms with van der Waals surface area (Å²) in [6, 6.07) is 1.88. The third kappa shape index (κ3) is 3.23. The lowest BCUT2D eigenvalue weighted by molar-refractivity contribution is 0.0718. The van der Waals surface area contributed by atoms with Crippen LogP contribution in [0.15, 0.2) is 10.9 Å². The van der Waals surface area contributed by atoms with E-state index in [2.05, 4.69) is 28.9 Å². The molecule has 1 aliphatic heterocycles. The van der Waals surface area contributed by atoms with Crippen LogP contribution in [0.25, 0.3) is 0 Å². The highest BCUT2D eigenvalue weighted by Crippen LogP contribution is 2.20. The Bertz CT molecular complexity index is 880. The van der Waals surface area contributed by atoms with Gasteiger partial charge < -0.3 is 9.80 Å². The van der Waals surface area contributed by atoms with Crippen molar-refractivity contribution in [2.75, 3.05) is 25.5 Å². The lowest BCUT2D eigenvalue weighted by atomic mass is 10.1. The Labute approximate surface area is 152 Å². The maximum Gasteiger partial charge on any atom is 0.272 e. The number of rotatable bonds is 4. The molecule has 8 nitrogen and oxygen atoms in total. The second-order valence-corrected chi connectivity index (χ2v) is 7.11. The summed E-state index contributed by atoms with van der Waals surface area (Å²) >= 11 is 0. The van der Waals surface area contributed by atoms with Crippen molar-refractivity contribution in [3.63, 3.8) is 0 Å². The summed E-state index contributed by atoms with van der Waals surface area (Å²) in [6.45, 7) is 7.58. The molecule has 0 radical (unpaired) electrons. The molecular weight excluding hydrogens is 332 g/mol. The summed E-state index contributed by atoms with van der Waals surface area (Å²) in [5, 5.41) is 4.53. The van der Waals surface area contributed by atoms with Crippen LogP contribution in [0.5, 0.6) is 0 Å². The van der Waals surface area contributed by atoms with Crippen LogP contribution in [0.2, 0.25) is 0 Å². The normalized spacial score (nSPS) is 13.8. The number of carbonyl (C=O) groups excluding carboxylic acids is 1. The minimum atomic E-state index is -0.119. The molecule has 3 heterocycles. The van der Waals surface area contributed by atoms with Gasteiger partial charge in [-0.1, -0.05) is 13.8 Å². The zero-order valence-electron chi connectivity index (χ0n) is 16.0. The van der Waals surface area contributed by atoms with E-state index in [1.807, 2.05) is 27.1 Å². The number of amides is 1. The predicted octanol–water partition coefficient (Wildman–Crippen LogP) is 1.37. The van der Waals surface area contributed by atoms with E-state index in [1.165, 1.54) is 0 Å². The third-order valence-electron chi connectivity index (χ3n) is 4.68. The topological polar surface area (TPSA) is 87.1 Å². The van der Waals surface area contributed by atoms with E-state index < -0.39 is 0 Å². The lowest BCUT2D eigenvalue weighted by Gasteiger charge is -2.28. The van der Waals surface area contributed by atoms with E-state index in [0.717, 1.165) is 5.69 Å². The quantitative estimate of drug-likeness (QED) is 0.892. The van der Waals surface area contributed by atoms with Crippen LogP contribution in [0, 0.1) is 0 Å². The van der Waals surface area contributed by atoms with Crippen molar-refractivity contribution in [2.45, 2.75) is 46.2 Å². The third-order valence-corrected chi connectivity index (χ3v) is 4.68. The molecule has 0 spiro atoms. The number of hydrogen-bond donors (Lipinski definition) is 1. The minimum Gasteiger partial charge on any atom is -0.348 e. The van der Waals surface area contributed by atoms with Crippen LogP contribution >= 0.6 is 0 Å². The van der Waals surface area contributed by atoms with Gasteiger partial charge in [0, 0.05) is 32.7 Å². The largest absolute Gasteiger partial charge is 0.348 e. The standard InChI is InChI=1S/C18H26N6O2/c1-6-24-15(9-13(21-24)11(2)3)17(26)23-8-7-12-14(10-23)19-18(22(4)5)20-16(12)25/h9,11H,6-8,10H2,1-5H3,(H,19,20,25). The first-order valence-electron chi connectivity index (χ1n) is 8.98. The highest BCUT2D eigenvalue weighted by Gasteiger charge is 2.28. The molecule has 0 unspecified atom stereocenters. The molecule has 1 N–H and O–H groups in total. The van der Waals surface area contributed by atoms with E-state index in [4.69, 9.17) is 0 Å². The van der Waals surface area contributed by atoms with Gasteiger partial charge in [0.15, 0.2) is 0 Å². The second kappa shape index (κ2) is 6.93. The van der Waals surface area contributed by atoms with Gasteiger partial charge in [0.2, 0.25) is 5.95 Å². The number of nitrogens with one attached hydrogen (secondary N) is 1. The number of hydrogen-bond acceptors (Lipinski definition) is 5. The van der Waals surface area contributed by atoms with Gasteiger partial charge in [-0.05, 0) is 25.3 Å². The Kier molecular flexibility index (Phi) is 4.84. The lowest BCUT2D eigenvalue weighted by Crippen LogP contribution is -2.40. The summed E-state index contributed by atoms with van der Waals surface area (Å²) in [6.07, 6.45) is 0.508. The number of aromatic nitrogens is 4. The van der Waals surface area contributed by atoms with Gasteiger partial charge in [-0.3, -0.25) is 19.3 Å². The molecule has 1 amide bonds. The molecule has 3 rings (SSSR count). The van der Waals surface area contributed by atoms with Gasteiger partial charge in [-0.2, -0.15) is 5.10 Å². The first-order chi connectivity index (χ1) is 12.3. The fraction of sp³-hybridized carbons (Fsp3) is 0.556. The first-order valence-corrected chi connectivity index (χ1v) is 8.98. The molecular formula is C18H26N6O2. The number of aryl methyl sites for hydroxylation is 1. The fourth-order valence-electron chi connectivity index (χ4n) is 3.11. The highest BCUT2D eigenvalue weighted by atomic mass is 16.2. The van der Waals surface area contributed by atoms with Gasteiger partial charge in [0.25, 0.3) is 11.5 Å². The van der Waals surface area contributed by atoms with Crippen molar-refractivity contribution in [2.24, 2.45) is 0 Å². The molecule has 26 heavy (non-hydrogen) atoms. The smallest absolute Gasteiger partial charge is 0.272 e. The minimum absolute atomic E-state index is 0.0645. The molecule has 0 fully saturated rings. The van der Waals surface area contributed by atoms with Gasteiger partial charge >= 0.3 is 0 Å². The Hall–Kier alpha value is -2.64. The van der Waals surface area contributed by atoms with Crippen molar-refractivity contribution in [1.82, 2.24) is 24.6 Å². The summed E-state index contributed by atoms with van der Waals surface area (Å²) in [4.78, 5) is 36.2. The number of nitrogens with zero attached hydrogens (tertiary/aromatic N) is 5. The van der Waals surface area contributed by atoms with Crippen molar-refractivity contribution < 1.29 is 4.79 Å². The SMILES string of the molecule is CCn1nc(C(C)C)cc1C(=O)N1CCc2c(nc(N(C)C)[nH]c2=O)C1. The summed E-state index contributed by atoms with van der Waals surface area (Å²) in [5.74, 6) is 0.702. The number of carbonyl (C=O) groups is 1. The Balaban J connectivity index is 1.91. The molecule has 0 saturated carbocycles. The fourth-order valence-corrected chi connectivity index (χ4v) is 3.11. The summed E-state index contributed by atoms with van der Waals surface area (Å²) in [5.41, 5.74) is 2.73. The van der Waals surface area contributed by atoms with E-state index in [1.54, 1.807) is 14.5 Å². The Morgan fingerprint density at radius 3 is 2.73 bits per heavy atom. The van der Waals surface area contributed by atoms with Crippen LogP contribution in [0.3, 0.4) is 0 Å². The number of fused-ring (bicyclic) bond motifs is 1. The van der Waals surface area contributed by atoms with Crippen LogP contribution < -0.4 is 10.5 Å². The average molecular weight is 358 g/mol. The average Bonchev–Trinajstić information content (AvgIpc) is 3.05. The molecule has 2 aromatic rings. The molecule has 0 atom stereocenters. The number of H-pyrrole nitrogens is 1. The summed E-state index contributed by atoms with van der Waals surface area (Å²) < 4.78 is 1.75. The van der Waals surface area contributed by atoms with Gasteiger partial charge in [0.05, 0.1) is 17.9 Å². The van der Waals surface area contributed by atoms with Gasteiger partial charge in [0.1, 0.15) is 5.69 Å². The Morgan fingerprint density at radius 1 is 1.38 bits per heavy atom. The second-order valence-electron chi connectivity index (χ2n) is 7.11. The summed E-state index contributed by atoms with van der Waals surface area (Å²) in [7, 11) is 3.65. The molecule has 140 valence electrons. The predicted molar refractivity (Wildman–Crippen MR) is 99.6 cm³/mol.